The van der Waals surface area contributed by atoms with E-state index < -0.39 is 0 Å². The van der Waals surface area contributed by atoms with Crippen molar-refractivity contribution < 1.29 is 0 Å². The molecule has 0 spiro atoms. The van der Waals surface area contributed by atoms with Crippen LogP contribution in [0.1, 0.15) is 11.7 Å². The molecule has 1 fully saturated rings. The van der Waals surface area contributed by atoms with E-state index >= 15 is 0 Å². The molecule has 0 saturated carbocycles. The molecule has 2 aromatic carbocycles. The van der Waals surface area contributed by atoms with E-state index in [4.69, 9.17) is 5.84 Å². The molecule has 2 aliphatic rings. The van der Waals surface area contributed by atoms with Gasteiger partial charge < -0.3 is 10.7 Å². The average Bonchev–Trinajstić information content (AvgIpc) is 3.04. The van der Waals surface area contributed by atoms with Crippen molar-refractivity contribution in [2.45, 2.75) is 6.17 Å². The van der Waals surface area contributed by atoms with Crippen LogP contribution in [0.25, 0.3) is 21.8 Å². The first-order valence-corrected chi connectivity index (χ1v) is 6.67. The second-order valence-electron chi connectivity index (χ2n) is 5.33. The second kappa shape index (κ2) is 3.03. The van der Waals surface area contributed by atoms with Crippen molar-refractivity contribution in [3.63, 3.8) is 0 Å². The van der Waals surface area contributed by atoms with E-state index in [0.29, 0.717) is 6.17 Å². The first-order chi connectivity index (χ1) is 9.36. The van der Waals surface area contributed by atoms with Gasteiger partial charge in [-0.3, -0.25) is 9.99 Å². The van der Waals surface area contributed by atoms with Crippen LogP contribution in [0, 0.1) is 0 Å². The minimum atomic E-state index is 0.296. The molecule has 5 rings (SSSR count). The van der Waals surface area contributed by atoms with Gasteiger partial charge in [-0.15, -0.1) is 0 Å². The lowest BCUT2D eigenvalue weighted by atomic mass is 9.98. The quantitative estimate of drug-likeness (QED) is 0.599. The molecule has 19 heavy (non-hydrogen) atoms. The monoisotopic (exact) mass is 250 g/mol. The number of benzene rings is 2. The molecule has 1 saturated heterocycles. The normalized spacial score (nSPS) is 20.6. The Morgan fingerprint density at radius 3 is 2.74 bits per heavy atom. The molecule has 1 atom stereocenters. The van der Waals surface area contributed by atoms with Crippen LogP contribution in [-0.4, -0.2) is 17.8 Å². The first-order valence-electron chi connectivity index (χ1n) is 6.67. The van der Waals surface area contributed by atoms with Crippen molar-refractivity contribution >= 4 is 27.5 Å². The summed E-state index contributed by atoms with van der Waals surface area (Å²) in [6, 6.07) is 12.8. The van der Waals surface area contributed by atoms with Gasteiger partial charge >= 0.3 is 0 Å². The Morgan fingerprint density at radius 2 is 1.84 bits per heavy atom. The standard InChI is InChI=1S/C15H14N4/c16-19-11-5-1-3-9-13(11)14-10(4-2-6-12(14)19)18-8-7-17-15(9)18/h1-6,15,17H,7-8,16H2. The maximum atomic E-state index is 6.27. The number of nitrogens with zero attached hydrogens (tertiary/aromatic N) is 2. The van der Waals surface area contributed by atoms with E-state index in [0.717, 1.165) is 24.1 Å². The lowest BCUT2D eigenvalue weighted by Crippen LogP contribution is -2.29. The molecule has 1 aromatic heterocycles. The summed E-state index contributed by atoms with van der Waals surface area (Å²) in [6.07, 6.45) is 0.296. The largest absolute Gasteiger partial charge is 0.350 e. The fraction of sp³-hybridized carbons (Fsp3) is 0.200. The van der Waals surface area contributed by atoms with Gasteiger partial charge in [-0.1, -0.05) is 18.2 Å². The Morgan fingerprint density at radius 1 is 1.05 bits per heavy atom. The topological polar surface area (TPSA) is 46.2 Å². The number of fused-ring (bicyclic) bond motifs is 3. The summed E-state index contributed by atoms with van der Waals surface area (Å²) in [7, 11) is 0. The molecule has 94 valence electrons. The SMILES string of the molecule is Nn1c2cccc3c2c2c(cccc21)N1CCNC31. The molecule has 3 aromatic rings. The summed E-state index contributed by atoms with van der Waals surface area (Å²) < 4.78 is 1.82. The highest BCUT2D eigenvalue weighted by molar-refractivity contribution is 6.17. The molecule has 1 unspecified atom stereocenters. The highest BCUT2D eigenvalue weighted by Gasteiger charge is 2.34. The second-order valence-corrected chi connectivity index (χ2v) is 5.33. The number of aromatic nitrogens is 1. The van der Waals surface area contributed by atoms with Crippen molar-refractivity contribution in [2.75, 3.05) is 23.8 Å². The molecule has 0 bridgehead atoms. The molecule has 3 heterocycles. The van der Waals surface area contributed by atoms with Gasteiger partial charge in [-0.25, -0.2) is 0 Å². The summed E-state index contributed by atoms with van der Waals surface area (Å²) >= 11 is 0. The maximum absolute atomic E-state index is 6.27. The first kappa shape index (κ1) is 9.69. The zero-order chi connectivity index (χ0) is 12.6. The van der Waals surface area contributed by atoms with E-state index in [9.17, 15) is 0 Å². The van der Waals surface area contributed by atoms with Crippen molar-refractivity contribution in [1.82, 2.24) is 9.99 Å². The predicted molar refractivity (Wildman–Crippen MR) is 77.7 cm³/mol. The third-order valence-corrected chi connectivity index (χ3v) is 4.47. The fourth-order valence-electron chi connectivity index (χ4n) is 3.71. The van der Waals surface area contributed by atoms with Crippen LogP contribution in [0.4, 0.5) is 5.69 Å². The summed E-state index contributed by atoms with van der Waals surface area (Å²) in [4.78, 5) is 2.45. The number of anilines is 1. The van der Waals surface area contributed by atoms with Crippen LogP contribution < -0.4 is 16.1 Å². The number of rotatable bonds is 0. The summed E-state index contributed by atoms with van der Waals surface area (Å²) in [5.74, 6) is 6.27. The highest BCUT2D eigenvalue weighted by Crippen LogP contribution is 2.45. The smallest absolute Gasteiger partial charge is 0.107 e. The zero-order valence-corrected chi connectivity index (χ0v) is 10.4. The molecular formula is C15H14N4. The van der Waals surface area contributed by atoms with Gasteiger partial charge in [0.2, 0.25) is 0 Å². The molecule has 0 radical (unpaired) electrons. The number of nitrogens with two attached hydrogens (primary N) is 1. The predicted octanol–water partition coefficient (Wildman–Crippen LogP) is 1.93. The van der Waals surface area contributed by atoms with Gasteiger partial charge in [-0.05, 0) is 23.8 Å². The number of hydrogen-bond acceptors (Lipinski definition) is 3. The van der Waals surface area contributed by atoms with Crippen molar-refractivity contribution in [3.8, 4) is 0 Å². The van der Waals surface area contributed by atoms with Crippen LogP contribution in [-0.2, 0) is 0 Å². The molecule has 3 N–H and O–H groups in total. The fourth-order valence-corrected chi connectivity index (χ4v) is 3.71. The molecule has 4 nitrogen and oxygen atoms in total. The van der Waals surface area contributed by atoms with Crippen molar-refractivity contribution in [1.29, 1.82) is 0 Å². The summed E-state index contributed by atoms with van der Waals surface area (Å²) in [5, 5.41) is 6.20. The van der Waals surface area contributed by atoms with E-state index in [1.54, 1.807) is 0 Å². The van der Waals surface area contributed by atoms with Crippen LogP contribution >= 0.6 is 0 Å². The van der Waals surface area contributed by atoms with Crippen LogP contribution in [0.15, 0.2) is 36.4 Å². The molecular weight excluding hydrogens is 236 g/mol. The Labute approximate surface area is 110 Å². The number of hydrogen-bond donors (Lipinski definition) is 2. The maximum Gasteiger partial charge on any atom is 0.107 e. The van der Waals surface area contributed by atoms with Crippen LogP contribution in [0.2, 0.25) is 0 Å². The Balaban J connectivity index is 2.11. The lowest BCUT2D eigenvalue weighted by Gasteiger charge is -2.31. The zero-order valence-electron chi connectivity index (χ0n) is 10.4. The van der Waals surface area contributed by atoms with Crippen LogP contribution in [0.5, 0.6) is 0 Å². The summed E-state index contributed by atoms with van der Waals surface area (Å²) in [5.41, 5.74) is 4.89. The van der Waals surface area contributed by atoms with E-state index in [-0.39, 0.29) is 0 Å². The van der Waals surface area contributed by atoms with Gasteiger partial charge in [0.15, 0.2) is 0 Å². The molecule has 2 aliphatic heterocycles. The molecule has 0 amide bonds. The van der Waals surface area contributed by atoms with Crippen molar-refractivity contribution in [2.24, 2.45) is 0 Å². The van der Waals surface area contributed by atoms with Gasteiger partial charge in [-0.2, -0.15) is 0 Å². The Bertz CT molecular complexity index is 766. The van der Waals surface area contributed by atoms with E-state index in [2.05, 4.69) is 46.6 Å². The summed E-state index contributed by atoms with van der Waals surface area (Å²) in [6.45, 7) is 2.08. The Kier molecular flexibility index (Phi) is 1.55. The van der Waals surface area contributed by atoms with Crippen molar-refractivity contribution in [3.05, 3.63) is 42.0 Å². The average molecular weight is 250 g/mol. The minimum Gasteiger partial charge on any atom is -0.350 e. The Hall–Kier alpha value is -2.20. The molecule has 4 heteroatoms. The van der Waals surface area contributed by atoms with Crippen LogP contribution in [0.3, 0.4) is 0 Å². The van der Waals surface area contributed by atoms with Gasteiger partial charge in [0.1, 0.15) is 6.17 Å². The molecule has 0 aliphatic carbocycles. The van der Waals surface area contributed by atoms with E-state index in [1.807, 2.05) is 4.68 Å². The highest BCUT2D eigenvalue weighted by atomic mass is 15.3. The third kappa shape index (κ3) is 0.966. The third-order valence-electron chi connectivity index (χ3n) is 4.47. The lowest BCUT2D eigenvalue weighted by molar-refractivity contribution is 0.648. The number of nitrogen functional groups attached to an aromatic ring is 1. The van der Waals surface area contributed by atoms with Gasteiger partial charge in [0, 0.05) is 29.5 Å². The van der Waals surface area contributed by atoms with E-state index in [1.165, 1.54) is 22.0 Å². The van der Waals surface area contributed by atoms with Gasteiger partial charge in [0.25, 0.3) is 0 Å². The number of nitrogens with one attached hydrogen (secondary N) is 1. The minimum absolute atomic E-state index is 0.296. The van der Waals surface area contributed by atoms with Gasteiger partial charge in [0.05, 0.1) is 11.0 Å².